The number of carbonyl (C=O) groups is 3. The third kappa shape index (κ3) is 7.94. The molecule has 1 N–H and O–H groups in total. The Morgan fingerprint density at radius 2 is 1.92 bits per heavy atom. The van der Waals surface area contributed by atoms with Gasteiger partial charge in [0.15, 0.2) is 17.2 Å². The lowest BCUT2D eigenvalue weighted by Gasteiger charge is -2.31. The molecule has 1 saturated heterocycles. The summed E-state index contributed by atoms with van der Waals surface area (Å²) in [4.78, 5) is 41.8. The molecule has 38 heavy (non-hydrogen) atoms. The van der Waals surface area contributed by atoms with E-state index in [-0.39, 0.29) is 29.2 Å². The molecule has 1 fully saturated rings. The van der Waals surface area contributed by atoms with Crippen LogP contribution >= 0.6 is 0 Å². The van der Waals surface area contributed by atoms with Crippen molar-refractivity contribution in [1.29, 1.82) is 0 Å². The van der Waals surface area contributed by atoms with Gasteiger partial charge in [-0.25, -0.2) is 9.78 Å². The topological polar surface area (TPSA) is 113 Å². The van der Waals surface area contributed by atoms with Gasteiger partial charge in [-0.1, -0.05) is 56.5 Å². The van der Waals surface area contributed by atoms with Crippen LogP contribution in [-0.2, 0) is 25.5 Å². The molecule has 4 atom stereocenters. The van der Waals surface area contributed by atoms with Crippen molar-refractivity contribution in [2.45, 2.75) is 71.4 Å². The van der Waals surface area contributed by atoms with Gasteiger partial charge in [-0.2, -0.15) is 0 Å². The van der Waals surface area contributed by atoms with E-state index in [1.54, 1.807) is 0 Å². The molecule has 206 valence electrons. The molecule has 0 bridgehead atoms. The molecule has 0 unspecified atom stereocenters. The fourth-order valence-electron chi connectivity index (χ4n) is 5.02. The van der Waals surface area contributed by atoms with Crippen molar-refractivity contribution in [3.8, 4) is 11.5 Å². The Kier molecular flexibility index (Phi) is 10.9. The number of methoxy groups -OCH3 is 1. The van der Waals surface area contributed by atoms with Crippen LogP contribution in [0.2, 0.25) is 0 Å². The summed E-state index contributed by atoms with van der Waals surface area (Å²) in [5, 5.41) is 2.78. The van der Waals surface area contributed by atoms with E-state index in [2.05, 4.69) is 29.4 Å². The molecule has 1 aromatic carbocycles. The molecule has 2 aromatic rings. The van der Waals surface area contributed by atoms with Crippen LogP contribution < -0.4 is 14.8 Å². The SMILES string of the molecule is CCC[C@H]1CCC[C@H](NC(=O)c2nccc(OC)c2OCOC(C)=O)C(=O)O[C@@H](C)[C@@H]1Cc1ccccc1. The van der Waals surface area contributed by atoms with E-state index < -0.39 is 30.7 Å². The van der Waals surface area contributed by atoms with Crippen LogP contribution in [0.15, 0.2) is 42.6 Å². The number of nitrogens with one attached hydrogen (secondary N) is 1. The zero-order chi connectivity index (χ0) is 27.5. The van der Waals surface area contributed by atoms with Gasteiger partial charge in [0.1, 0.15) is 12.1 Å². The molecule has 9 heteroatoms. The summed E-state index contributed by atoms with van der Waals surface area (Å²) in [5.74, 6) is -0.768. The van der Waals surface area contributed by atoms with Gasteiger partial charge in [-0.05, 0) is 37.7 Å². The third-order valence-corrected chi connectivity index (χ3v) is 6.91. The van der Waals surface area contributed by atoms with Crippen molar-refractivity contribution >= 4 is 17.8 Å². The number of aromatic nitrogens is 1. The summed E-state index contributed by atoms with van der Waals surface area (Å²) in [6.07, 6.45) is 6.17. The van der Waals surface area contributed by atoms with Crippen molar-refractivity contribution < 1.29 is 33.3 Å². The number of pyridine rings is 1. The number of esters is 2. The summed E-state index contributed by atoms with van der Waals surface area (Å²) >= 11 is 0. The highest BCUT2D eigenvalue weighted by Crippen LogP contribution is 2.33. The van der Waals surface area contributed by atoms with E-state index >= 15 is 0 Å². The molecule has 0 aliphatic carbocycles. The number of nitrogens with zero attached hydrogens (tertiary/aromatic N) is 1. The highest BCUT2D eigenvalue weighted by atomic mass is 16.7. The summed E-state index contributed by atoms with van der Waals surface area (Å²) in [6, 6.07) is 11.0. The Labute approximate surface area is 224 Å². The van der Waals surface area contributed by atoms with E-state index in [9.17, 15) is 14.4 Å². The first-order valence-electron chi connectivity index (χ1n) is 13.2. The summed E-state index contributed by atoms with van der Waals surface area (Å²) in [6.45, 7) is 4.95. The van der Waals surface area contributed by atoms with Gasteiger partial charge in [0.2, 0.25) is 6.79 Å². The van der Waals surface area contributed by atoms with Crippen LogP contribution in [-0.4, -0.2) is 48.9 Å². The van der Waals surface area contributed by atoms with E-state index in [4.69, 9.17) is 18.9 Å². The molecule has 9 nitrogen and oxygen atoms in total. The smallest absolute Gasteiger partial charge is 0.328 e. The second-order valence-electron chi connectivity index (χ2n) is 9.59. The summed E-state index contributed by atoms with van der Waals surface area (Å²) in [5.41, 5.74) is 1.14. The van der Waals surface area contributed by atoms with Gasteiger partial charge in [0, 0.05) is 25.1 Å². The van der Waals surface area contributed by atoms with E-state index in [0.29, 0.717) is 12.3 Å². The van der Waals surface area contributed by atoms with Crippen molar-refractivity contribution in [2.24, 2.45) is 11.8 Å². The molecule has 0 radical (unpaired) electrons. The molecule has 0 spiro atoms. The number of hydrogen-bond acceptors (Lipinski definition) is 8. The number of hydrogen-bond donors (Lipinski definition) is 1. The second kappa shape index (κ2) is 14.4. The van der Waals surface area contributed by atoms with Crippen molar-refractivity contribution in [1.82, 2.24) is 10.3 Å². The summed E-state index contributed by atoms with van der Waals surface area (Å²) < 4.78 is 21.6. The molecule has 1 aliphatic heterocycles. The Morgan fingerprint density at radius 3 is 2.61 bits per heavy atom. The average Bonchev–Trinajstić information content (AvgIpc) is 2.95. The van der Waals surface area contributed by atoms with Crippen LogP contribution in [0.1, 0.15) is 68.9 Å². The largest absolute Gasteiger partial charge is 0.493 e. The predicted octanol–water partition coefficient (Wildman–Crippen LogP) is 4.48. The van der Waals surface area contributed by atoms with E-state index in [0.717, 1.165) is 32.1 Å². The van der Waals surface area contributed by atoms with Gasteiger partial charge >= 0.3 is 11.9 Å². The number of benzene rings is 1. The Bertz CT molecular complexity index is 1080. The molecule has 1 aliphatic rings. The highest BCUT2D eigenvalue weighted by molar-refractivity contribution is 5.98. The first-order chi connectivity index (χ1) is 18.3. The van der Waals surface area contributed by atoms with Crippen molar-refractivity contribution in [2.75, 3.05) is 13.9 Å². The maximum Gasteiger partial charge on any atom is 0.328 e. The van der Waals surface area contributed by atoms with Crippen LogP contribution in [0.25, 0.3) is 0 Å². The van der Waals surface area contributed by atoms with Crippen molar-refractivity contribution in [3.05, 3.63) is 53.9 Å². The Hall–Kier alpha value is -3.62. The van der Waals surface area contributed by atoms with Crippen LogP contribution in [0.5, 0.6) is 11.5 Å². The molecular formula is C29H38N2O7. The Balaban J connectivity index is 1.77. The maximum atomic E-state index is 13.3. The summed E-state index contributed by atoms with van der Waals surface area (Å²) in [7, 11) is 1.42. The highest BCUT2D eigenvalue weighted by Gasteiger charge is 2.34. The zero-order valence-electron chi connectivity index (χ0n) is 22.6. The lowest BCUT2D eigenvalue weighted by Crippen LogP contribution is -2.43. The quantitative estimate of drug-likeness (QED) is 0.356. The molecule has 1 amide bonds. The lowest BCUT2D eigenvalue weighted by molar-refractivity contribution is -0.154. The Morgan fingerprint density at radius 1 is 1.16 bits per heavy atom. The first-order valence-corrected chi connectivity index (χ1v) is 13.2. The third-order valence-electron chi connectivity index (χ3n) is 6.91. The number of amides is 1. The van der Waals surface area contributed by atoms with E-state index in [1.165, 1.54) is 31.9 Å². The first kappa shape index (κ1) is 28.9. The van der Waals surface area contributed by atoms with Crippen molar-refractivity contribution in [3.63, 3.8) is 0 Å². The standard InChI is InChI=1S/C29H38N2O7/c1-5-10-22-13-9-14-24(29(34)38-19(2)23(22)17-21-11-7-6-8-12-21)31-28(33)26-27(37-18-36-20(3)32)25(35-4)15-16-30-26/h6-8,11-12,15-16,19,22-24H,5,9-10,13-14,17-18H2,1-4H3,(H,31,33)/t19-,22-,23-,24-/m0/s1. The van der Waals surface area contributed by atoms with E-state index in [1.807, 2.05) is 25.1 Å². The number of ether oxygens (including phenoxy) is 4. The number of rotatable bonds is 10. The molecule has 3 rings (SSSR count). The average molecular weight is 527 g/mol. The minimum Gasteiger partial charge on any atom is -0.493 e. The molecule has 1 aromatic heterocycles. The molecular weight excluding hydrogens is 488 g/mol. The fraction of sp³-hybridized carbons (Fsp3) is 0.517. The van der Waals surface area contributed by atoms with Crippen LogP contribution in [0.3, 0.4) is 0 Å². The minimum atomic E-state index is -0.836. The lowest BCUT2D eigenvalue weighted by atomic mass is 9.78. The second-order valence-corrected chi connectivity index (χ2v) is 9.59. The fourth-order valence-corrected chi connectivity index (χ4v) is 5.02. The van der Waals surface area contributed by atoms with Gasteiger partial charge in [0.05, 0.1) is 7.11 Å². The molecule has 0 saturated carbocycles. The predicted molar refractivity (Wildman–Crippen MR) is 141 cm³/mol. The number of carbonyl (C=O) groups excluding carboxylic acids is 3. The van der Waals surface area contributed by atoms with Gasteiger partial charge in [-0.3, -0.25) is 9.59 Å². The molecule has 2 heterocycles. The van der Waals surface area contributed by atoms with Crippen LogP contribution in [0.4, 0.5) is 0 Å². The maximum absolute atomic E-state index is 13.3. The van der Waals surface area contributed by atoms with Gasteiger partial charge < -0.3 is 24.3 Å². The minimum absolute atomic E-state index is 0.0180. The monoisotopic (exact) mass is 526 g/mol. The van der Waals surface area contributed by atoms with Crippen LogP contribution in [0, 0.1) is 11.8 Å². The normalized spacial score (nSPS) is 21.7. The van der Waals surface area contributed by atoms with Gasteiger partial charge in [-0.15, -0.1) is 0 Å². The number of cyclic esters (lactones) is 1. The van der Waals surface area contributed by atoms with Gasteiger partial charge in [0.25, 0.3) is 5.91 Å². The zero-order valence-corrected chi connectivity index (χ0v) is 22.6.